The number of aliphatic hydroxyl groups is 3. The topological polar surface area (TPSA) is 69.9 Å². The molecule has 4 heteroatoms. The minimum absolute atomic E-state index is 0.447. The van der Waals surface area contributed by atoms with Gasteiger partial charge < -0.3 is 20.1 Å². The van der Waals surface area contributed by atoms with Gasteiger partial charge in [0.05, 0.1) is 6.61 Å². The Morgan fingerprint density at radius 2 is 1.77 bits per heavy atom. The third kappa shape index (κ3) is 3.02. The first-order chi connectivity index (χ1) is 6.24. The number of para-hydroxylation sites is 1. The number of benzene rings is 1. The molecule has 0 amide bonds. The second kappa shape index (κ2) is 4.81. The van der Waals surface area contributed by atoms with Crippen LogP contribution in [0.3, 0.4) is 0 Å². The maximum Gasteiger partial charge on any atom is 0.225 e. The lowest BCUT2D eigenvalue weighted by atomic mass is 10.3. The smallest absolute Gasteiger partial charge is 0.225 e. The largest absolute Gasteiger partial charge is 0.462 e. The lowest BCUT2D eigenvalue weighted by Crippen LogP contribution is -2.34. The molecule has 0 fully saturated rings. The molecule has 0 radical (unpaired) electrons. The highest BCUT2D eigenvalue weighted by atomic mass is 16.6. The van der Waals surface area contributed by atoms with Crippen LogP contribution in [0.2, 0.25) is 0 Å². The Balaban J connectivity index is 2.50. The van der Waals surface area contributed by atoms with Gasteiger partial charge in [0, 0.05) is 0 Å². The van der Waals surface area contributed by atoms with E-state index >= 15 is 0 Å². The first-order valence-corrected chi connectivity index (χ1v) is 3.92. The van der Waals surface area contributed by atoms with E-state index in [0.29, 0.717) is 5.75 Å². The van der Waals surface area contributed by atoms with E-state index in [0.717, 1.165) is 0 Å². The van der Waals surface area contributed by atoms with Crippen LogP contribution < -0.4 is 4.74 Å². The first-order valence-electron chi connectivity index (χ1n) is 3.92. The minimum Gasteiger partial charge on any atom is -0.462 e. The maximum atomic E-state index is 9.14. The predicted octanol–water partition coefficient (Wildman–Crippen LogP) is -0.263. The molecule has 4 nitrogen and oxygen atoms in total. The van der Waals surface area contributed by atoms with Crippen LogP contribution in [0.1, 0.15) is 0 Å². The van der Waals surface area contributed by atoms with E-state index < -0.39 is 19.0 Å². The van der Waals surface area contributed by atoms with Gasteiger partial charge in [0.1, 0.15) is 11.9 Å². The summed E-state index contributed by atoms with van der Waals surface area (Å²) in [5.41, 5.74) is 0. The van der Waals surface area contributed by atoms with E-state index in [1.165, 1.54) is 0 Å². The molecule has 1 aromatic carbocycles. The van der Waals surface area contributed by atoms with Crippen LogP contribution in [0.25, 0.3) is 0 Å². The summed E-state index contributed by atoms with van der Waals surface area (Å²) in [5, 5.41) is 26.6. The van der Waals surface area contributed by atoms with Crippen LogP contribution in [-0.4, -0.2) is 34.3 Å². The Hall–Kier alpha value is -1.10. The molecule has 0 aliphatic rings. The van der Waals surface area contributed by atoms with Crippen LogP contribution in [-0.2, 0) is 0 Å². The molecule has 1 rings (SSSR count). The Labute approximate surface area is 76.0 Å². The minimum atomic E-state index is -1.40. The zero-order valence-electron chi connectivity index (χ0n) is 7.00. The summed E-state index contributed by atoms with van der Waals surface area (Å²) in [5.74, 6) is 0.447. The summed E-state index contributed by atoms with van der Waals surface area (Å²) in [6.07, 6.45) is -2.67. The van der Waals surface area contributed by atoms with Crippen molar-refractivity contribution in [2.75, 3.05) is 6.61 Å². The zero-order valence-corrected chi connectivity index (χ0v) is 7.00. The maximum absolute atomic E-state index is 9.14. The molecule has 0 aliphatic carbocycles. The van der Waals surface area contributed by atoms with Gasteiger partial charge in [-0.05, 0) is 12.1 Å². The number of hydrogen-bond acceptors (Lipinski definition) is 4. The van der Waals surface area contributed by atoms with Crippen molar-refractivity contribution in [2.24, 2.45) is 0 Å². The van der Waals surface area contributed by atoms with Crippen molar-refractivity contribution in [3.05, 3.63) is 30.3 Å². The number of hydrogen-bond donors (Lipinski definition) is 3. The number of aliphatic hydroxyl groups excluding tert-OH is 3. The fourth-order valence-corrected chi connectivity index (χ4v) is 0.807. The number of ether oxygens (including phenoxy) is 1. The van der Waals surface area contributed by atoms with Crippen molar-refractivity contribution in [3.63, 3.8) is 0 Å². The molecule has 0 spiro atoms. The highest BCUT2D eigenvalue weighted by molar-refractivity contribution is 5.21. The highest BCUT2D eigenvalue weighted by Gasteiger charge is 2.16. The molecule has 0 heterocycles. The van der Waals surface area contributed by atoms with Gasteiger partial charge in [-0.3, -0.25) is 0 Å². The number of rotatable bonds is 4. The molecule has 0 aliphatic heterocycles. The predicted molar refractivity (Wildman–Crippen MR) is 46.2 cm³/mol. The van der Waals surface area contributed by atoms with Crippen LogP contribution in [0.4, 0.5) is 0 Å². The van der Waals surface area contributed by atoms with E-state index in [4.69, 9.17) is 20.1 Å². The normalized spacial score (nSPS) is 15.0. The molecule has 0 saturated heterocycles. The molecule has 2 unspecified atom stereocenters. The van der Waals surface area contributed by atoms with Crippen LogP contribution in [0.15, 0.2) is 30.3 Å². The monoisotopic (exact) mass is 184 g/mol. The van der Waals surface area contributed by atoms with Crippen LogP contribution in [0.5, 0.6) is 5.75 Å². The molecular weight excluding hydrogens is 172 g/mol. The molecule has 0 bridgehead atoms. The van der Waals surface area contributed by atoms with Gasteiger partial charge in [0.25, 0.3) is 0 Å². The summed E-state index contributed by atoms with van der Waals surface area (Å²) in [6, 6.07) is 8.59. The van der Waals surface area contributed by atoms with E-state index in [-0.39, 0.29) is 0 Å². The van der Waals surface area contributed by atoms with Crippen molar-refractivity contribution in [1.29, 1.82) is 0 Å². The van der Waals surface area contributed by atoms with Crippen molar-refractivity contribution in [1.82, 2.24) is 0 Å². The lowest BCUT2D eigenvalue weighted by Gasteiger charge is -2.16. The van der Waals surface area contributed by atoms with E-state index in [1.807, 2.05) is 6.07 Å². The van der Waals surface area contributed by atoms with E-state index in [9.17, 15) is 0 Å². The van der Waals surface area contributed by atoms with Gasteiger partial charge in [-0.1, -0.05) is 18.2 Å². The molecule has 0 saturated carbocycles. The molecular formula is C9H12O4. The Bertz CT molecular complexity index is 237. The summed E-state index contributed by atoms with van der Waals surface area (Å²) < 4.78 is 4.91. The second-order valence-corrected chi connectivity index (χ2v) is 2.57. The Morgan fingerprint density at radius 3 is 2.31 bits per heavy atom. The van der Waals surface area contributed by atoms with Gasteiger partial charge in [0.15, 0.2) is 0 Å². The van der Waals surface area contributed by atoms with Crippen LogP contribution >= 0.6 is 0 Å². The lowest BCUT2D eigenvalue weighted by molar-refractivity contribution is -0.118. The van der Waals surface area contributed by atoms with Gasteiger partial charge >= 0.3 is 0 Å². The summed E-state index contributed by atoms with van der Waals surface area (Å²) >= 11 is 0. The third-order valence-corrected chi connectivity index (χ3v) is 1.52. The fraction of sp³-hybridized carbons (Fsp3) is 0.333. The zero-order chi connectivity index (χ0) is 9.68. The van der Waals surface area contributed by atoms with Gasteiger partial charge in [-0.15, -0.1) is 0 Å². The third-order valence-electron chi connectivity index (χ3n) is 1.52. The molecule has 1 aromatic rings. The molecule has 0 aromatic heterocycles. The average Bonchev–Trinajstić information content (AvgIpc) is 2.18. The average molecular weight is 184 g/mol. The SMILES string of the molecule is OCC(O)C(O)Oc1ccccc1. The summed E-state index contributed by atoms with van der Waals surface area (Å²) in [7, 11) is 0. The Morgan fingerprint density at radius 1 is 1.15 bits per heavy atom. The summed E-state index contributed by atoms with van der Waals surface area (Å²) in [6.45, 7) is -0.534. The van der Waals surface area contributed by atoms with Crippen LogP contribution in [0, 0.1) is 0 Å². The second-order valence-electron chi connectivity index (χ2n) is 2.57. The van der Waals surface area contributed by atoms with Gasteiger partial charge in [-0.2, -0.15) is 0 Å². The molecule has 13 heavy (non-hydrogen) atoms. The highest BCUT2D eigenvalue weighted by Crippen LogP contribution is 2.11. The van der Waals surface area contributed by atoms with Crippen molar-refractivity contribution in [2.45, 2.75) is 12.4 Å². The first kappa shape index (κ1) is 9.98. The standard InChI is InChI=1S/C9H12O4/c10-6-8(11)9(12)13-7-4-2-1-3-5-7/h1-5,8-12H,6H2. The summed E-state index contributed by atoms with van der Waals surface area (Å²) in [4.78, 5) is 0. The van der Waals surface area contributed by atoms with Gasteiger partial charge in [-0.25, -0.2) is 0 Å². The fourth-order valence-electron chi connectivity index (χ4n) is 0.807. The Kier molecular flexibility index (Phi) is 3.70. The quantitative estimate of drug-likeness (QED) is 0.564. The van der Waals surface area contributed by atoms with Crippen molar-refractivity contribution in [3.8, 4) is 5.75 Å². The van der Waals surface area contributed by atoms with E-state index in [2.05, 4.69) is 0 Å². The van der Waals surface area contributed by atoms with Gasteiger partial charge in [0.2, 0.25) is 6.29 Å². The molecule has 72 valence electrons. The molecule has 2 atom stereocenters. The van der Waals surface area contributed by atoms with E-state index in [1.54, 1.807) is 24.3 Å². The van der Waals surface area contributed by atoms with Crippen molar-refractivity contribution >= 4 is 0 Å². The molecule has 3 N–H and O–H groups in total. The van der Waals surface area contributed by atoms with Crippen molar-refractivity contribution < 1.29 is 20.1 Å².